The molecule has 0 aromatic heterocycles. The Bertz CT molecular complexity index is 43.6. The van der Waals surface area contributed by atoms with Gasteiger partial charge >= 0.3 is 0 Å². The van der Waals surface area contributed by atoms with E-state index in [1.165, 1.54) is 0 Å². The van der Waals surface area contributed by atoms with E-state index in [4.69, 9.17) is 15.3 Å². The Kier molecular flexibility index (Phi) is 147. The molecule has 0 aliphatic heterocycles. The van der Waals surface area contributed by atoms with Gasteiger partial charge in [0.25, 0.3) is 0 Å². The molecule has 0 heterocycles. The summed E-state index contributed by atoms with van der Waals surface area (Å²) in [5.41, 5.74) is 0. The zero-order chi connectivity index (χ0) is 11.7. The van der Waals surface area contributed by atoms with Crippen LogP contribution in [0.3, 0.4) is 0 Å². The predicted octanol–water partition coefficient (Wildman–Crippen LogP) is -1.70. The average Bonchev–Trinajstić information content (AvgIpc) is 1.88. The Morgan fingerprint density at radius 3 is 0.867 bits per heavy atom. The fourth-order valence-electron chi connectivity index (χ4n) is 0. The maximum Gasteiger partial charge on any atom is 0.0402 e. The van der Waals surface area contributed by atoms with Crippen LogP contribution in [0.15, 0.2) is 0 Å². The maximum atomic E-state index is 9.53. The standard InChI is InChI=1S/C3H7O.3C2H6O.H4Si.Ti/c1-3(2)4;3*1-2-3;;/h3H,1-2H3;3*3H,2H2,1H3;1H4;/q-1;;;;;. The summed E-state index contributed by atoms with van der Waals surface area (Å²) in [6, 6.07) is 0. The molecule has 0 bridgehead atoms. The van der Waals surface area contributed by atoms with E-state index in [-0.39, 0.29) is 52.5 Å². The van der Waals surface area contributed by atoms with E-state index in [1.807, 2.05) is 0 Å². The second kappa shape index (κ2) is 61.1. The smallest absolute Gasteiger partial charge is 0.0402 e. The van der Waals surface area contributed by atoms with Gasteiger partial charge in [-0.3, -0.25) is 0 Å². The van der Waals surface area contributed by atoms with Crippen molar-refractivity contribution in [3.8, 4) is 0 Å². The van der Waals surface area contributed by atoms with Gasteiger partial charge in [0.05, 0.1) is 0 Å². The molecule has 0 saturated carbocycles. The summed E-state index contributed by atoms with van der Waals surface area (Å²) < 4.78 is 0. The quantitative estimate of drug-likeness (QED) is 0.461. The fourth-order valence-corrected chi connectivity index (χ4v) is 0. The largest absolute Gasteiger partial charge is 0.852 e. The second-order valence-electron chi connectivity index (χ2n) is 2.00. The molecule has 0 aromatic rings. The van der Waals surface area contributed by atoms with Gasteiger partial charge < -0.3 is 20.4 Å². The Morgan fingerprint density at radius 2 is 0.867 bits per heavy atom. The zero-order valence-electron chi connectivity index (χ0n) is 9.95. The SMILES string of the molecule is CC(C)[O-].CCO.CCO.CCO.[SiH4].[Ti]. The van der Waals surface area contributed by atoms with Crippen LogP contribution in [0.25, 0.3) is 0 Å². The third-order valence-corrected chi connectivity index (χ3v) is 0. The Labute approximate surface area is 114 Å². The van der Waals surface area contributed by atoms with Gasteiger partial charge in [-0.2, -0.15) is 0 Å². The third kappa shape index (κ3) is 4050. The average molecular weight is 277 g/mol. The summed E-state index contributed by atoms with van der Waals surface area (Å²) in [6.45, 7) is 9.01. The molecule has 15 heavy (non-hydrogen) atoms. The molecular formula is C9H29O4SiTi-. The van der Waals surface area contributed by atoms with Crippen LogP contribution in [-0.2, 0) is 21.7 Å². The summed E-state index contributed by atoms with van der Waals surface area (Å²) in [6.07, 6.45) is -0.417. The molecule has 0 saturated heterocycles. The first-order valence-electron chi connectivity index (χ1n) is 4.46. The first-order chi connectivity index (χ1) is 5.97. The molecule has 0 radical (unpaired) electrons. The minimum absolute atomic E-state index is 0. The van der Waals surface area contributed by atoms with Crippen LogP contribution in [0.5, 0.6) is 0 Å². The van der Waals surface area contributed by atoms with Gasteiger partial charge in [0.1, 0.15) is 0 Å². The first kappa shape index (κ1) is 36.0. The van der Waals surface area contributed by atoms with E-state index < -0.39 is 6.10 Å². The summed E-state index contributed by atoms with van der Waals surface area (Å²) in [4.78, 5) is 0. The van der Waals surface area contributed by atoms with E-state index in [0.717, 1.165) is 0 Å². The normalized spacial score (nSPS) is 6.00. The van der Waals surface area contributed by atoms with Crippen molar-refractivity contribution in [1.29, 1.82) is 0 Å². The van der Waals surface area contributed by atoms with Crippen LogP contribution >= 0.6 is 0 Å². The maximum absolute atomic E-state index is 9.53. The Balaban J connectivity index is -0.0000000174. The molecular weight excluding hydrogens is 248 g/mol. The van der Waals surface area contributed by atoms with Crippen LogP contribution in [0.4, 0.5) is 0 Å². The van der Waals surface area contributed by atoms with Crippen molar-refractivity contribution in [2.24, 2.45) is 0 Å². The van der Waals surface area contributed by atoms with Crippen molar-refractivity contribution in [2.75, 3.05) is 19.8 Å². The molecule has 0 fully saturated rings. The van der Waals surface area contributed by atoms with Gasteiger partial charge in [0.2, 0.25) is 0 Å². The molecule has 98 valence electrons. The molecule has 3 N–H and O–H groups in total. The molecule has 0 amide bonds. The van der Waals surface area contributed by atoms with E-state index in [1.54, 1.807) is 34.6 Å². The summed E-state index contributed by atoms with van der Waals surface area (Å²) in [5, 5.41) is 32.2. The van der Waals surface area contributed by atoms with Crippen LogP contribution in [0, 0.1) is 0 Å². The molecule has 0 unspecified atom stereocenters. The third-order valence-electron chi connectivity index (χ3n) is 0. The molecule has 0 aromatic carbocycles. The zero-order valence-corrected chi connectivity index (χ0v) is 11.5. The Morgan fingerprint density at radius 1 is 0.867 bits per heavy atom. The number of aliphatic hydroxyl groups is 3. The topological polar surface area (TPSA) is 83.8 Å². The van der Waals surface area contributed by atoms with Gasteiger partial charge in [-0.1, -0.05) is 13.8 Å². The minimum atomic E-state index is -0.417. The van der Waals surface area contributed by atoms with Crippen molar-refractivity contribution < 1.29 is 42.1 Å². The van der Waals surface area contributed by atoms with Gasteiger partial charge in [-0.05, 0) is 31.7 Å². The van der Waals surface area contributed by atoms with Crippen molar-refractivity contribution in [3.63, 3.8) is 0 Å². The minimum Gasteiger partial charge on any atom is -0.852 e. The van der Waals surface area contributed by atoms with Crippen LogP contribution in [0.1, 0.15) is 34.6 Å². The molecule has 0 atom stereocenters. The Hall–Kier alpha value is 0.771. The van der Waals surface area contributed by atoms with Crippen molar-refractivity contribution in [1.82, 2.24) is 0 Å². The van der Waals surface area contributed by atoms with Crippen molar-refractivity contribution >= 4 is 11.0 Å². The van der Waals surface area contributed by atoms with Gasteiger partial charge in [0, 0.05) is 41.5 Å². The van der Waals surface area contributed by atoms with Gasteiger partial charge in [-0.25, -0.2) is 0 Å². The molecule has 0 spiro atoms. The van der Waals surface area contributed by atoms with Crippen molar-refractivity contribution in [2.45, 2.75) is 40.7 Å². The molecule has 0 aliphatic rings. The summed E-state index contributed by atoms with van der Waals surface area (Å²) in [5.74, 6) is 0. The predicted molar refractivity (Wildman–Crippen MR) is 64.7 cm³/mol. The molecule has 0 aliphatic carbocycles. The monoisotopic (exact) mass is 277 g/mol. The number of hydrogen-bond donors (Lipinski definition) is 3. The number of hydrogen-bond acceptors (Lipinski definition) is 4. The van der Waals surface area contributed by atoms with E-state index in [0.29, 0.717) is 0 Å². The van der Waals surface area contributed by atoms with Crippen LogP contribution in [-0.4, -0.2) is 52.2 Å². The van der Waals surface area contributed by atoms with E-state index >= 15 is 0 Å². The molecule has 4 nitrogen and oxygen atoms in total. The van der Waals surface area contributed by atoms with Crippen LogP contribution in [0.2, 0.25) is 0 Å². The van der Waals surface area contributed by atoms with E-state index in [9.17, 15) is 5.11 Å². The molecule has 6 heteroatoms. The molecule has 0 rings (SSSR count). The van der Waals surface area contributed by atoms with Crippen molar-refractivity contribution in [3.05, 3.63) is 0 Å². The van der Waals surface area contributed by atoms with Gasteiger partial charge in [0.15, 0.2) is 0 Å². The summed E-state index contributed by atoms with van der Waals surface area (Å²) in [7, 11) is 0. The first-order valence-corrected chi connectivity index (χ1v) is 4.46. The van der Waals surface area contributed by atoms with Crippen LogP contribution < -0.4 is 5.11 Å². The second-order valence-corrected chi connectivity index (χ2v) is 2.00. The summed E-state index contributed by atoms with van der Waals surface area (Å²) >= 11 is 0. The fraction of sp³-hybridized carbons (Fsp3) is 1.00. The number of rotatable bonds is 0. The van der Waals surface area contributed by atoms with Gasteiger partial charge in [-0.15, -0.1) is 6.10 Å². The number of aliphatic hydroxyl groups excluding tert-OH is 3. The van der Waals surface area contributed by atoms with E-state index in [2.05, 4.69) is 0 Å².